The van der Waals surface area contributed by atoms with Crippen molar-refractivity contribution in [2.24, 2.45) is 17.8 Å². The minimum Gasteiger partial charge on any atom is -0.477 e. The highest BCUT2D eigenvalue weighted by Gasteiger charge is 2.56. The van der Waals surface area contributed by atoms with Crippen LogP contribution in [-0.2, 0) is 4.79 Å². The average Bonchev–Trinajstić information content (AvgIpc) is 2.76. The van der Waals surface area contributed by atoms with Gasteiger partial charge in [0, 0.05) is 5.92 Å². The van der Waals surface area contributed by atoms with Gasteiger partial charge in [0.25, 0.3) is 0 Å². The Labute approximate surface area is 121 Å². The second kappa shape index (κ2) is 4.84. The number of aromatic nitrogens is 1. The van der Waals surface area contributed by atoms with E-state index in [0.29, 0.717) is 22.5 Å². The van der Waals surface area contributed by atoms with Gasteiger partial charge in [0.1, 0.15) is 9.88 Å². The lowest BCUT2D eigenvalue weighted by atomic mass is 10.1. The van der Waals surface area contributed by atoms with Crippen LogP contribution in [0.5, 0.6) is 0 Å². The molecule has 20 heavy (non-hydrogen) atoms. The van der Waals surface area contributed by atoms with E-state index in [2.05, 4.69) is 10.3 Å². The topological polar surface area (TPSA) is 79.3 Å². The molecule has 0 aliphatic heterocycles. The van der Waals surface area contributed by atoms with Gasteiger partial charge in [-0.3, -0.25) is 4.79 Å². The predicted octanol–water partition coefficient (Wildman–Crippen LogP) is 2.37. The Morgan fingerprint density at radius 1 is 1.40 bits per heavy atom. The minimum atomic E-state index is -0.957. The van der Waals surface area contributed by atoms with Crippen molar-refractivity contribution in [1.82, 2.24) is 10.3 Å². The Morgan fingerprint density at radius 2 is 2.05 bits per heavy atom. The number of hydrogen-bond acceptors (Lipinski definition) is 4. The van der Waals surface area contributed by atoms with Crippen LogP contribution in [0.4, 0.5) is 0 Å². The molecule has 108 valence electrons. The van der Waals surface area contributed by atoms with Gasteiger partial charge in [0.05, 0.1) is 11.7 Å². The van der Waals surface area contributed by atoms with Crippen molar-refractivity contribution in [1.29, 1.82) is 0 Å². The summed E-state index contributed by atoms with van der Waals surface area (Å²) in [7, 11) is 0. The number of nitrogens with zero attached hydrogens (tertiary/aromatic N) is 1. The molecule has 1 amide bonds. The van der Waals surface area contributed by atoms with E-state index in [1.165, 1.54) is 19.3 Å². The number of amides is 1. The second-order valence-corrected chi connectivity index (χ2v) is 6.82. The van der Waals surface area contributed by atoms with Crippen molar-refractivity contribution in [3.8, 4) is 0 Å². The van der Waals surface area contributed by atoms with Crippen LogP contribution in [0, 0.1) is 24.7 Å². The van der Waals surface area contributed by atoms with Gasteiger partial charge < -0.3 is 10.4 Å². The summed E-state index contributed by atoms with van der Waals surface area (Å²) in [6.07, 6.45) is 3.61. The normalized spacial score (nSPS) is 28.8. The lowest BCUT2D eigenvalue weighted by Gasteiger charge is -2.12. The Bertz CT molecular complexity index is 559. The lowest BCUT2D eigenvalue weighted by Crippen LogP contribution is -2.29. The van der Waals surface area contributed by atoms with Gasteiger partial charge >= 0.3 is 5.97 Å². The molecule has 2 aliphatic carbocycles. The maximum atomic E-state index is 12.2. The summed E-state index contributed by atoms with van der Waals surface area (Å²) in [6, 6.07) is -0.222. The second-order valence-electron chi connectivity index (χ2n) is 5.79. The van der Waals surface area contributed by atoms with Crippen molar-refractivity contribution in [3.63, 3.8) is 0 Å². The van der Waals surface area contributed by atoms with Crippen LogP contribution in [0.1, 0.15) is 52.6 Å². The number of carboxylic acid groups (broad SMARTS) is 1. The van der Waals surface area contributed by atoms with Crippen LogP contribution < -0.4 is 5.32 Å². The van der Waals surface area contributed by atoms with E-state index in [1.807, 2.05) is 6.92 Å². The average molecular weight is 294 g/mol. The third kappa shape index (κ3) is 2.22. The number of carboxylic acids is 1. The largest absolute Gasteiger partial charge is 0.477 e. The number of carbonyl (C=O) groups is 2. The van der Waals surface area contributed by atoms with Gasteiger partial charge in [-0.1, -0.05) is 6.42 Å². The zero-order valence-corrected chi connectivity index (χ0v) is 12.4. The first kappa shape index (κ1) is 13.5. The molecule has 1 aromatic rings. The Hall–Kier alpha value is -1.43. The van der Waals surface area contributed by atoms with E-state index in [-0.39, 0.29) is 22.7 Å². The van der Waals surface area contributed by atoms with E-state index in [4.69, 9.17) is 5.11 Å². The van der Waals surface area contributed by atoms with Gasteiger partial charge in [0.15, 0.2) is 0 Å². The molecular formula is C14H18N2O3S. The van der Waals surface area contributed by atoms with Gasteiger partial charge in [0.2, 0.25) is 5.91 Å². The lowest BCUT2D eigenvalue weighted by molar-refractivity contribution is -0.123. The van der Waals surface area contributed by atoms with Gasteiger partial charge in [-0.15, -0.1) is 11.3 Å². The van der Waals surface area contributed by atoms with E-state index >= 15 is 0 Å². The van der Waals surface area contributed by atoms with E-state index in [9.17, 15) is 9.59 Å². The van der Waals surface area contributed by atoms with Gasteiger partial charge in [-0.25, -0.2) is 9.78 Å². The first-order chi connectivity index (χ1) is 9.49. The number of nitrogens with one attached hydrogen (secondary N) is 1. The summed E-state index contributed by atoms with van der Waals surface area (Å²) < 4.78 is 0. The fourth-order valence-corrected chi connectivity index (χ4v) is 4.29. The molecule has 1 heterocycles. The zero-order chi connectivity index (χ0) is 14.4. The fourth-order valence-electron chi connectivity index (χ4n) is 3.38. The summed E-state index contributed by atoms with van der Waals surface area (Å²) in [5.74, 6) is 0.522. The van der Waals surface area contributed by atoms with Crippen LogP contribution in [-0.4, -0.2) is 22.0 Å². The van der Waals surface area contributed by atoms with Crippen LogP contribution in [0.25, 0.3) is 0 Å². The third-order valence-electron chi connectivity index (χ3n) is 4.45. The molecule has 2 saturated carbocycles. The molecule has 2 aliphatic rings. The number of aromatic carboxylic acids is 1. The minimum absolute atomic E-state index is 0.108. The first-order valence-electron chi connectivity index (χ1n) is 7.00. The molecule has 3 atom stereocenters. The van der Waals surface area contributed by atoms with Gasteiger partial charge in [-0.05, 0) is 38.5 Å². The van der Waals surface area contributed by atoms with E-state index in [1.54, 1.807) is 6.92 Å². The third-order valence-corrected chi connectivity index (χ3v) is 5.77. The van der Waals surface area contributed by atoms with Crippen LogP contribution in [0.15, 0.2) is 0 Å². The number of hydrogen-bond donors (Lipinski definition) is 2. The highest BCUT2D eigenvalue weighted by Crippen LogP contribution is 2.57. The maximum Gasteiger partial charge on any atom is 0.347 e. The standard InChI is InChI=1S/C14H18N2O3S/c1-6-11(14(18)19)20-13(16-6)7(2)15-12(17)10-8-4-3-5-9(8)10/h7-10H,3-5H2,1-2H3,(H,15,17)(H,18,19). The van der Waals surface area contributed by atoms with Crippen LogP contribution in [0.2, 0.25) is 0 Å². The molecule has 2 fully saturated rings. The summed E-state index contributed by atoms with van der Waals surface area (Å²) >= 11 is 1.15. The number of fused-ring (bicyclic) bond motifs is 1. The number of aryl methyl sites for hydroxylation is 1. The van der Waals surface area contributed by atoms with E-state index in [0.717, 1.165) is 11.3 Å². The molecule has 3 unspecified atom stereocenters. The zero-order valence-electron chi connectivity index (χ0n) is 11.5. The van der Waals surface area contributed by atoms with Crippen molar-refractivity contribution in [2.75, 3.05) is 0 Å². The summed E-state index contributed by atoms with van der Waals surface area (Å²) in [5, 5.41) is 12.7. The molecule has 2 N–H and O–H groups in total. The summed E-state index contributed by atoms with van der Waals surface area (Å²) in [4.78, 5) is 27.7. The summed E-state index contributed by atoms with van der Waals surface area (Å²) in [6.45, 7) is 3.54. The maximum absolute atomic E-state index is 12.2. The smallest absolute Gasteiger partial charge is 0.347 e. The predicted molar refractivity (Wildman–Crippen MR) is 74.7 cm³/mol. The molecule has 0 saturated heterocycles. The van der Waals surface area contributed by atoms with E-state index < -0.39 is 5.97 Å². The molecule has 6 heteroatoms. The Balaban J connectivity index is 1.64. The number of rotatable bonds is 4. The Kier molecular flexibility index (Phi) is 3.28. The molecule has 1 aromatic heterocycles. The van der Waals surface area contributed by atoms with Crippen LogP contribution >= 0.6 is 11.3 Å². The van der Waals surface area contributed by atoms with Crippen LogP contribution in [0.3, 0.4) is 0 Å². The molecular weight excluding hydrogens is 276 g/mol. The molecule has 0 spiro atoms. The monoisotopic (exact) mass is 294 g/mol. The molecule has 3 rings (SSSR count). The van der Waals surface area contributed by atoms with Crippen molar-refractivity contribution in [3.05, 3.63) is 15.6 Å². The Morgan fingerprint density at radius 3 is 2.60 bits per heavy atom. The van der Waals surface area contributed by atoms with Crippen molar-refractivity contribution >= 4 is 23.2 Å². The van der Waals surface area contributed by atoms with Crippen molar-refractivity contribution in [2.45, 2.75) is 39.2 Å². The summed E-state index contributed by atoms with van der Waals surface area (Å²) in [5.41, 5.74) is 0.516. The number of carbonyl (C=O) groups excluding carboxylic acids is 1. The molecule has 0 radical (unpaired) electrons. The fraction of sp³-hybridized carbons (Fsp3) is 0.643. The highest BCUT2D eigenvalue weighted by atomic mass is 32.1. The molecule has 0 aromatic carbocycles. The highest BCUT2D eigenvalue weighted by molar-refractivity contribution is 7.13. The quantitative estimate of drug-likeness (QED) is 0.893. The molecule has 0 bridgehead atoms. The van der Waals surface area contributed by atoms with Crippen molar-refractivity contribution < 1.29 is 14.7 Å². The first-order valence-corrected chi connectivity index (χ1v) is 7.81. The number of thiazole rings is 1. The SMILES string of the molecule is Cc1nc(C(C)NC(=O)C2C3CCCC32)sc1C(=O)O. The molecule has 5 nitrogen and oxygen atoms in total. The van der Waals surface area contributed by atoms with Gasteiger partial charge in [-0.2, -0.15) is 0 Å².